The van der Waals surface area contributed by atoms with Crippen LogP contribution in [0, 0.1) is 5.82 Å². The fourth-order valence-electron chi connectivity index (χ4n) is 2.61. The van der Waals surface area contributed by atoms with Crippen molar-refractivity contribution in [3.8, 4) is 0 Å². The molecule has 0 radical (unpaired) electrons. The summed E-state index contributed by atoms with van der Waals surface area (Å²) >= 11 is 0. The highest BCUT2D eigenvalue weighted by Gasteiger charge is 2.24. The topological polar surface area (TPSA) is 34.0 Å². The first-order chi connectivity index (χ1) is 8.20. The molecular weight excluding hydrogens is 219 g/mol. The number of amides is 1. The number of benzene rings is 1. The maximum Gasteiger partial charge on any atom is 0.253 e. The summed E-state index contributed by atoms with van der Waals surface area (Å²) < 4.78 is 15.6. The maximum atomic E-state index is 13.8. The van der Waals surface area contributed by atoms with Crippen molar-refractivity contribution in [1.82, 2.24) is 9.88 Å². The van der Waals surface area contributed by atoms with Gasteiger partial charge in [-0.25, -0.2) is 4.39 Å². The third-order valence-electron chi connectivity index (χ3n) is 3.39. The van der Waals surface area contributed by atoms with Gasteiger partial charge in [-0.05, 0) is 18.9 Å². The van der Waals surface area contributed by atoms with Crippen LogP contribution in [0.4, 0.5) is 4.39 Å². The second-order valence-electron chi connectivity index (χ2n) is 4.38. The number of rotatable bonds is 0. The number of aryl methyl sites for hydroxylation is 1. The molecule has 88 valence electrons. The third kappa shape index (κ3) is 1.37. The summed E-state index contributed by atoms with van der Waals surface area (Å²) in [5.74, 6) is -0.362. The Bertz CT molecular complexity index is 615. The number of hydrogen-bond donors (Lipinski definition) is 1. The molecule has 1 aromatic heterocycles. The quantitative estimate of drug-likeness (QED) is 0.740. The Morgan fingerprint density at radius 3 is 3.06 bits per heavy atom. The average Bonchev–Trinajstić information content (AvgIpc) is 2.46. The van der Waals surface area contributed by atoms with Crippen molar-refractivity contribution >= 4 is 16.8 Å². The second-order valence-corrected chi connectivity index (χ2v) is 4.38. The van der Waals surface area contributed by atoms with Crippen LogP contribution in [-0.4, -0.2) is 17.0 Å². The molecule has 0 bridgehead atoms. The number of nitrogens with one attached hydrogen (secondary N) is 1. The minimum Gasteiger partial charge on any atom is -0.352 e. The number of nitrogens with zero attached hydrogens (tertiary/aromatic N) is 1. The van der Waals surface area contributed by atoms with E-state index in [4.69, 9.17) is 0 Å². The molecule has 0 spiro atoms. The summed E-state index contributed by atoms with van der Waals surface area (Å²) in [6, 6.07) is 4.89. The van der Waals surface area contributed by atoms with Crippen LogP contribution in [0.25, 0.3) is 10.9 Å². The largest absolute Gasteiger partial charge is 0.352 e. The van der Waals surface area contributed by atoms with Gasteiger partial charge in [-0.3, -0.25) is 4.79 Å². The van der Waals surface area contributed by atoms with Gasteiger partial charge >= 0.3 is 0 Å². The monoisotopic (exact) mass is 232 g/mol. The number of carbonyl (C=O) groups excluding carboxylic acids is 1. The van der Waals surface area contributed by atoms with Gasteiger partial charge in [0.15, 0.2) is 0 Å². The Kier molecular flexibility index (Phi) is 2.18. The average molecular weight is 232 g/mol. The molecule has 0 atom stereocenters. The van der Waals surface area contributed by atoms with Gasteiger partial charge in [0.2, 0.25) is 0 Å². The van der Waals surface area contributed by atoms with Crippen LogP contribution in [0.3, 0.4) is 0 Å². The molecule has 3 rings (SSSR count). The predicted octanol–water partition coefficient (Wildman–Crippen LogP) is 1.99. The summed E-state index contributed by atoms with van der Waals surface area (Å²) in [5, 5.41) is 3.56. The van der Waals surface area contributed by atoms with E-state index in [1.54, 1.807) is 6.07 Å². The van der Waals surface area contributed by atoms with Crippen LogP contribution in [0.1, 0.15) is 22.5 Å². The molecule has 0 saturated heterocycles. The first-order valence-corrected chi connectivity index (χ1v) is 5.74. The minimum absolute atomic E-state index is 0.0892. The highest BCUT2D eigenvalue weighted by molar-refractivity contribution is 6.08. The van der Waals surface area contributed by atoms with Crippen molar-refractivity contribution < 1.29 is 9.18 Å². The zero-order chi connectivity index (χ0) is 12.0. The van der Waals surface area contributed by atoms with Crippen LogP contribution >= 0.6 is 0 Å². The molecule has 1 aliphatic rings. The van der Waals surface area contributed by atoms with Gasteiger partial charge in [-0.15, -0.1) is 0 Å². The number of fused-ring (bicyclic) bond motifs is 3. The SMILES string of the molecule is Cn1c2c(c3cccc(F)c31)C(=O)NCCC2. The lowest BCUT2D eigenvalue weighted by Gasteiger charge is -2.02. The first-order valence-electron chi connectivity index (χ1n) is 5.74. The summed E-state index contributed by atoms with van der Waals surface area (Å²) in [6.45, 7) is 0.685. The van der Waals surface area contributed by atoms with Gasteiger partial charge in [-0.2, -0.15) is 0 Å². The van der Waals surface area contributed by atoms with Crippen LogP contribution < -0.4 is 5.32 Å². The molecule has 1 N–H and O–H groups in total. The van der Waals surface area contributed by atoms with E-state index in [9.17, 15) is 9.18 Å². The van der Waals surface area contributed by atoms with E-state index >= 15 is 0 Å². The van der Waals surface area contributed by atoms with Crippen molar-refractivity contribution in [3.63, 3.8) is 0 Å². The van der Waals surface area contributed by atoms with Gasteiger partial charge in [0.05, 0.1) is 11.1 Å². The summed E-state index contributed by atoms with van der Waals surface area (Å²) in [5.41, 5.74) is 2.09. The van der Waals surface area contributed by atoms with E-state index < -0.39 is 0 Å². The Morgan fingerprint density at radius 1 is 1.41 bits per heavy atom. The van der Waals surface area contributed by atoms with Crippen molar-refractivity contribution in [3.05, 3.63) is 35.3 Å². The summed E-state index contributed by atoms with van der Waals surface area (Å²) in [6.07, 6.45) is 1.70. The Morgan fingerprint density at radius 2 is 2.24 bits per heavy atom. The molecule has 2 heterocycles. The number of aromatic nitrogens is 1. The number of halogens is 1. The summed E-state index contributed by atoms with van der Waals surface area (Å²) in [7, 11) is 1.82. The highest BCUT2D eigenvalue weighted by atomic mass is 19.1. The van der Waals surface area contributed by atoms with Crippen LogP contribution in [0.15, 0.2) is 18.2 Å². The van der Waals surface area contributed by atoms with Crippen molar-refractivity contribution in [2.45, 2.75) is 12.8 Å². The predicted molar refractivity (Wildman–Crippen MR) is 63.5 cm³/mol. The number of hydrogen-bond acceptors (Lipinski definition) is 1. The minimum atomic E-state index is -0.272. The fraction of sp³-hybridized carbons (Fsp3) is 0.308. The van der Waals surface area contributed by atoms with Crippen LogP contribution in [0.2, 0.25) is 0 Å². The molecule has 3 nitrogen and oxygen atoms in total. The third-order valence-corrected chi connectivity index (χ3v) is 3.39. The van der Waals surface area contributed by atoms with Gasteiger partial charge in [-0.1, -0.05) is 12.1 Å². The molecule has 1 aromatic carbocycles. The van der Waals surface area contributed by atoms with E-state index in [2.05, 4.69) is 5.32 Å². The van der Waals surface area contributed by atoms with Gasteiger partial charge in [0.25, 0.3) is 5.91 Å². The number of para-hydroxylation sites is 1. The van der Waals surface area contributed by atoms with E-state index in [-0.39, 0.29) is 11.7 Å². The highest BCUT2D eigenvalue weighted by Crippen LogP contribution is 2.29. The van der Waals surface area contributed by atoms with Crippen molar-refractivity contribution in [2.75, 3.05) is 6.54 Å². The molecule has 2 aromatic rings. The van der Waals surface area contributed by atoms with Crippen molar-refractivity contribution in [1.29, 1.82) is 0 Å². The van der Waals surface area contributed by atoms with Crippen molar-refractivity contribution in [2.24, 2.45) is 7.05 Å². The molecule has 1 amide bonds. The standard InChI is InChI=1S/C13H13FN2O/c1-16-10-6-3-7-15-13(17)11(10)8-4-2-5-9(14)12(8)16/h2,4-5H,3,6-7H2,1H3,(H,15,17). The Balaban J connectivity index is 2.43. The molecule has 0 fully saturated rings. The zero-order valence-electron chi connectivity index (χ0n) is 9.59. The molecule has 1 aliphatic heterocycles. The van der Waals surface area contributed by atoms with Gasteiger partial charge in [0, 0.05) is 24.7 Å². The molecule has 0 saturated carbocycles. The van der Waals surface area contributed by atoms with Crippen LogP contribution in [0.5, 0.6) is 0 Å². The fourth-order valence-corrected chi connectivity index (χ4v) is 2.61. The number of carbonyl (C=O) groups is 1. The van der Waals surface area contributed by atoms with E-state index in [0.717, 1.165) is 18.5 Å². The molecule has 0 unspecified atom stereocenters. The molecular formula is C13H13FN2O. The lowest BCUT2D eigenvalue weighted by Crippen LogP contribution is -2.22. The van der Waals surface area contributed by atoms with E-state index in [1.807, 2.05) is 17.7 Å². The smallest absolute Gasteiger partial charge is 0.253 e. The Hall–Kier alpha value is -1.84. The Labute approximate surface area is 98.2 Å². The molecule has 17 heavy (non-hydrogen) atoms. The second kappa shape index (κ2) is 3.58. The lowest BCUT2D eigenvalue weighted by molar-refractivity contribution is 0.0957. The zero-order valence-corrected chi connectivity index (χ0v) is 9.59. The van der Waals surface area contributed by atoms with Gasteiger partial charge in [0.1, 0.15) is 5.82 Å². The van der Waals surface area contributed by atoms with E-state index in [1.165, 1.54) is 6.07 Å². The normalized spacial score (nSPS) is 15.5. The maximum absolute atomic E-state index is 13.8. The summed E-state index contributed by atoms with van der Waals surface area (Å²) in [4.78, 5) is 12.0. The molecule has 0 aliphatic carbocycles. The molecule has 4 heteroatoms. The van der Waals surface area contributed by atoms with E-state index in [0.29, 0.717) is 23.0 Å². The van der Waals surface area contributed by atoms with Crippen LogP contribution in [-0.2, 0) is 13.5 Å². The van der Waals surface area contributed by atoms with Gasteiger partial charge < -0.3 is 9.88 Å². The lowest BCUT2D eigenvalue weighted by atomic mass is 10.1. The first kappa shape index (κ1) is 10.3.